The Balaban J connectivity index is 2.40. The number of carbonyl (C=O) groups excluding carboxylic acids is 1. The first-order valence-corrected chi connectivity index (χ1v) is 5.86. The maximum atomic E-state index is 13.5. The number of rotatable bonds is 2. The Labute approximate surface area is 111 Å². The SMILES string of the molecule is O=C(c1ccc(Br)cn1)c1ccc(Cl)cc1F. The highest BCUT2D eigenvalue weighted by atomic mass is 79.9. The van der Waals surface area contributed by atoms with Crippen molar-refractivity contribution in [3.05, 3.63) is 63.1 Å². The molecule has 0 radical (unpaired) electrons. The van der Waals surface area contributed by atoms with Crippen molar-refractivity contribution in [1.82, 2.24) is 4.98 Å². The van der Waals surface area contributed by atoms with E-state index in [1.807, 2.05) is 0 Å². The molecule has 0 aliphatic rings. The number of nitrogens with zero attached hydrogens (tertiary/aromatic N) is 1. The van der Waals surface area contributed by atoms with Gasteiger partial charge in [0, 0.05) is 15.7 Å². The van der Waals surface area contributed by atoms with Gasteiger partial charge in [-0.2, -0.15) is 0 Å². The molecule has 5 heteroatoms. The Morgan fingerprint density at radius 2 is 2.06 bits per heavy atom. The Morgan fingerprint density at radius 3 is 2.65 bits per heavy atom. The summed E-state index contributed by atoms with van der Waals surface area (Å²) in [5, 5.41) is 0.253. The molecule has 0 fully saturated rings. The second-order valence-electron chi connectivity index (χ2n) is 3.31. The lowest BCUT2D eigenvalue weighted by Crippen LogP contribution is -2.06. The van der Waals surface area contributed by atoms with Gasteiger partial charge in [0.05, 0.1) is 5.56 Å². The van der Waals surface area contributed by atoms with Gasteiger partial charge < -0.3 is 0 Å². The summed E-state index contributed by atoms with van der Waals surface area (Å²) in [5.74, 6) is -1.11. The molecule has 0 N–H and O–H groups in total. The minimum absolute atomic E-state index is 0.0378. The molecule has 2 nitrogen and oxygen atoms in total. The fourth-order valence-electron chi connectivity index (χ4n) is 1.32. The standard InChI is InChI=1S/C12H6BrClFNO/c13-7-1-4-11(16-6-7)12(17)9-3-2-8(14)5-10(9)15/h1-6H. The topological polar surface area (TPSA) is 30.0 Å². The van der Waals surface area contributed by atoms with Gasteiger partial charge in [0.25, 0.3) is 0 Å². The summed E-state index contributed by atoms with van der Waals surface area (Å²) in [5.41, 5.74) is 0.152. The number of halogens is 3. The Bertz CT molecular complexity index is 571. The maximum Gasteiger partial charge on any atom is 0.214 e. The van der Waals surface area contributed by atoms with Crippen LogP contribution in [0.3, 0.4) is 0 Å². The number of hydrogen-bond donors (Lipinski definition) is 0. The van der Waals surface area contributed by atoms with E-state index in [4.69, 9.17) is 11.6 Å². The van der Waals surface area contributed by atoms with Gasteiger partial charge in [-0.15, -0.1) is 0 Å². The van der Waals surface area contributed by atoms with Crippen LogP contribution < -0.4 is 0 Å². The highest BCUT2D eigenvalue weighted by molar-refractivity contribution is 9.10. The van der Waals surface area contributed by atoms with E-state index in [2.05, 4.69) is 20.9 Å². The van der Waals surface area contributed by atoms with E-state index in [0.29, 0.717) is 0 Å². The van der Waals surface area contributed by atoms with Crippen LogP contribution in [-0.2, 0) is 0 Å². The number of benzene rings is 1. The molecule has 0 spiro atoms. The molecular formula is C12H6BrClFNO. The molecular weight excluding hydrogens is 308 g/mol. The molecule has 2 rings (SSSR count). The second kappa shape index (κ2) is 4.94. The fourth-order valence-corrected chi connectivity index (χ4v) is 1.72. The van der Waals surface area contributed by atoms with Crippen molar-refractivity contribution in [1.29, 1.82) is 0 Å². The van der Waals surface area contributed by atoms with E-state index in [9.17, 15) is 9.18 Å². The van der Waals surface area contributed by atoms with E-state index >= 15 is 0 Å². The average molecular weight is 315 g/mol. The molecule has 0 aliphatic heterocycles. The lowest BCUT2D eigenvalue weighted by Gasteiger charge is -2.02. The smallest absolute Gasteiger partial charge is 0.214 e. The monoisotopic (exact) mass is 313 g/mol. The van der Waals surface area contributed by atoms with Gasteiger partial charge in [-0.05, 0) is 46.3 Å². The minimum atomic E-state index is -0.646. The van der Waals surface area contributed by atoms with Gasteiger partial charge in [-0.3, -0.25) is 9.78 Å². The average Bonchev–Trinajstić information content (AvgIpc) is 2.29. The Hall–Kier alpha value is -1.26. The molecule has 0 aliphatic carbocycles. The van der Waals surface area contributed by atoms with Crippen molar-refractivity contribution in [3.63, 3.8) is 0 Å². The zero-order valence-electron chi connectivity index (χ0n) is 8.45. The predicted molar refractivity (Wildman–Crippen MR) is 66.8 cm³/mol. The van der Waals surface area contributed by atoms with E-state index in [1.165, 1.54) is 24.4 Å². The molecule has 2 aromatic rings. The van der Waals surface area contributed by atoms with Crippen molar-refractivity contribution in [2.45, 2.75) is 0 Å². The lowest BCUT2D eigenvalue weighted by molar-refractivity contribution is 0.103. The molecule has 0 atom stereocenters. The van der Waals surface area contributed by atoms with Crippen molar-refractivity contribution in [3.8, 4) is 0 Å². The molecule has 86 valence electrons. The lowest BCUT2D eigenvalue weighted by atomic mass is 10.1. The van der Waals surface area contributed by atoms with Crippen LogP contribution in [0.2, 0.25) is 5.02 Å². The van der Waals surface area contributed by atoms with Crippen LogP contribution in [0.15, 0.2) is 41.0 Å². The number of carbonyl (C=O) groups is 1. The molecule has 0 amide bonds. The van der Waals surface area contributed by atoms with Gasteiger partial charge in [0.15, 0.2) is 0 Å². The quantitative estimate of drug-likeness (QED) is 0.788. The van der Waals surface area contributed by atoms with Crippen LogP contribution in [-0.4, -0.2) is 10.8 Å². The molecule has 0 unspecified atom stereocenters. The first kappa shape index (κ1) is 12.2. The molecule has 1 aromatic heterocycles. The summed E-state index contributed by atoms with van der Waals surface area (Å²) < 4.78 is 14.3. The van der Waals surface area contributed by atoms with Crippen molar-refractivity contribution >= 4 is 33.3 Å². The normalized spacial score (nSPS) is 10.3. The van der Waals surface area contributed by atoms with Crippen molar-refractivity contribution in [2.24, 2.45) is 0 Å². The molecule has 1 aromatic carbocycles. The molecule has 0 bridgehead atoms. The number of aromatic nitrogens is 1. The minimum Gasteiger partial charge on any atom is -0.287 e. The van der Waals surface area contributed by atoms with Crippen LogP contribution in [0.25, 0.3) is 0 Å². The van der Waals surface area contributed by atoms with Gasteiger partial charge >= 0.3 is 0 Å². The molecule has 0 saturated carbocycles. The first-order chi connectivity index (χ1) is 8.08. The summed E-state index contributed by atoms with van der Waals surface area (Å²) in [6, 6.07) is 7.13. The third-order valence-corrected chi connectivity index (χ3v) is 2.84. The van der Waals surface area contributed by atoms with Crippen molar-refractivity contribution < 1.29 is 9.18 Å². The summed E-state index contributed by atoms with van der Waals surface area (Å²) >= 11 is 8.82. The Kier molecular flexibility index (Phi) is 3.54. The van der Waals surface area contributed by atoms with Crippen LogP contribution in [0, 0.1) is 5.82 Å². The van der Waals surface area contributed by atoms with Crippen molar-refractivity contribution in [2.75, 3.05) is 0 Å². The second-order valence-corrected chi connectivity index (χ2v) is 4.67. The molecule has 1 heterocycles. The molecule has 0 saturated heterocycles. The zero-order valence-corrected chi connectivity index (χ0v) is 10.8. The van der Waals surface area contributed by atoms with Crippen LogP contribution in [0.1, 0.15) is 16.1 Å². The number of ketones is 1. The van der Waals surface area contributed by atoms with Crippen LogP contribution >= 0.6 is 27.5 Å². The van der Waals surface area contributed by atoms with Gasteiger partial charge in [-0.25, -0.2) is 4.39 Å². The summed E-state index contributed by atoms with van der Waals surface area (Å²) in [6.07, 6.45) is 1.49. The fraction of sp³-hybridized carbons (Fsp3) is 0. The number of hydrogen-bond acceptors (Lipinski definition) is 2. The van der Waals surface area contributed by atoms with Gasteiger partial charge in [0.1, 0.15) is 11.5 Å². The third kappa shape index (κ3) is 2.70. The van der Waals surface area contributed by atoms with Gasteiger partial charge in [-0.1, -0.05) is 11.6 Å². The van der Waals surface area contributed by atoms with E-state index in [1.54, 1.807) is 6.07 Å². The van der Waals surface area contributed by atoms with Crippen LogP contribution in [0.5, 0.6) is 0 Å². The highest BCUT2D eigenvalue weighted by Gasteiger charge is 2.15. The summed E-state index contributed by atoms with van der Waals surface area (Å²) in [7, 11) is 0. The summed E-state index contributed by atoms with van der Waals surface area (Å²) in [6.45, 7) is 0. The summed E-state index contributed by atoms with van der Waals surface area (Å²) in [4.78, 5) is 15.9. The van der Waals surface area contributed by atoms with E-state index in [-0.39, 0.29) is 16.3 Å². The van der Waals surface area contributed by atoms with E-state index < -0.39 is 11.6 Å². The number of pyridine rings is 1. The Morgan fingerprint density at radius 1 is 1.29 bits per heavy atom. The maximum absolute atomic E-state index is 13.5. The first-order valence-electron chi connectivity index (χ1n) is 4.69. The van der Waals surface area contributed by atoms with E-state index in [0.717, 1.165) is 10.5 Å². The predicted octanol–water partition coefficient (Wildman–Crippen LogP) is 3.87. The third-order valence-electron chi connectivity index (χ3n) is 2.14. The zero-order chi connectivity index (χ0) is 12.4. The highest BCUT2D eigenvalue weighted by Crippen LogP contribution is 2.18. The van der Waals surface area contributed by atoms with Gasteiger partial charge in [0.2, 0.25) is 5.78 Å². The largest absolute Gasteiger partial charge is 0.287 e. The molecule has 17 heavy (non-hydrogen) atoms. The van der Waals surface area contributed by atoms with Crippen LogP contribution in [0.4, 0.5) is 4.39 Å².